The first kappa shape index (κ1) is 14.2. The van der Waals surface area contributed by atoms with Crippen molar-refractivity contribution < 1.29 is 9.59 Å². The van der Waals surface area contributed by atoms with Crippen molar-refractivity contribution in [2.75, 3.05) is 13.1 Å². The van der Waals surface area contributed by atoms with Crippen molar-refractivity contribution in [3.05, 3.63) is 27.9 Å². The Morgan fingerprint density at radius 2 is 2.29 bits per heavy atom. The summed E-state index contributed by atoms with van der Waals surface area (Å²) in [4.78, 5) is 31.1. The summed E-state index contributed by atoms with van der Waals surface area (Å²) in [6.45, 7) is 4.54. The molecule has 21 heavy (non-hydrogen) atoms. The highest BCUT2D eigenvalue weighted by Crippen LogP contribution is 2.29. The second-order valence-electron chi connectivity index (χ2n) is 5.31. The van der Waals surface area contributed by atoms with Gasteiger partial charge >= 0.3 is 0 Å². The SMILES string of the molecule is CC1(C)C(=O)NCCN1C(=O)c1cnc(-c2ccsc2)s1. The molecule has 5 nitrogen and oxygen atoms in total. The van der Waals surface area contributed by atoms with E-state index in [0.29, 0.717) is 18.0 Å². The van der Waals surface area contributed by atoms with E-state index in [2.05, 4.69) is 10.3 Å². The Bertz CT molecular complexity index is 676. The molecule has 2 aromatic heterocycles. The summed E-state index contributed by atoms with van der Waals surface area (Å²) in [5, 5.41) is 7.61. The number of thiazole rings is 1. The molecule has 0 spiro atoms. The smallest absolute Gasteiger partial charge is 0.266 e. The Balaban J connectivity index is 1.87. The lowest BCUT2D eigenvalue weighted by atomic mass is 9.99. The third-order valence-electron chi connectivity index (χ3n) is 3.58. The van der Waals surface area contributed by atoms with E-state index in [-0.39, 0.29) is 11.8 Å². The number of hydrogen-bond donors (Lipinski definition) is 1. The quantitative estimate of drug-likeness (QED) is 0.922. The van der Waals surface area contributed by atoms with E-state index in [9.17, 15) is 9.59 Å². The zero-order chi connectivity index (χ0) is 15.0. The lowest BCUT2D eigenvalue weighted by molar-refractivity contribution is -0.133. The average Bonchev–Trinajstić information content (AvgIpc) is 3.10. The molecule has 1 aliphatic heterocycles. The first-order chi connectivity index (χ1) is 10.00. The summed E-state index contributed by atoms with van der Waals surface area (Å²) in [6, 6.07) is 1.98. The maximum Gasteiger partial charge on any atom is 0.266 e. The zero-order valence-electron chi connectivity index (χ0n) is 11.8. The second kappa shape index (κ2) is 5.23. The van der Waals surface area contributed by atoms with Crippen LogP contribution in [-0.4, -0.2) is 40.3 Å². The molecular formula is C14H15N3O2S2. The van der Waals surface area contributed by atoms with E-state index in [0.717, 1.165) is 10.6 Å². The molecule has 3 rings (SSSR count). The summed E-state index contributed by atoms with van der Waals surface area (Å²) in [5.74, 6) is -0.251. The van der Waals surface area contributed by atoms with Gasteiger partial charge in [-0.2, -0.15) is 11.3 Å². The zero-order valence-corrected chi connectivity index (χ0v) is 13.4. The number of amides is 2. The van der Waals surface area contributed by atoms with Crippen LogP contribution in [0.4, 0.5) is 0 Å². The van der Waals surface area contributed by atoms with Gasteiger partial charge in [0.1, 0.15) is 15.4 Å². The van der Waals surface area contributed by atoms with Gasteiger partial charge in [0.05, 0.1) is 6.20 Å². The van der Waals surface area contributed by atoms with Crippen LogP contribution in [0.1, 0.15) is 23.5 Å². The van der Waals surface area contributed by atoms with Crippen LogP contribution in [0.5, 0.6) is 0 Å². The standard InChI is InChI=1S/C14H15N3O2S2/c1-14(2)13(19)15-4-5-17(14)12(18)10-7-16-11(21-10)9-3-6-20-8-9/h3,6-8H,4-5H2,1-2H3,(H,15,19). The van der Waals surface area contributed by atoms with Crippen molar-refractivity contribution in [2.45, 2.75) is 19.4 Å². The molecule has 0 aromatic carbocycles. The van der Waals surface area contributed by atoms with Gasteiger partial charge in [0, 0.05) is 24.0 Å². The molecule has 7 heteroatoms. The van der Waals surface area contributed by atoms with Crippen LogP contribution < -0.4 is 5.32 Å². The van der Waals surface area contributed by atoms with Crippen molar-refractivity contribution in [1.29, 1.82) is 0 Å². The molecule has 0 unspecified atom stereocenters. The minimum absolute atomic E-state index is 0.121. The first-order valence-electron chi connectivity index (χ1n) is 6.59. The van der Waals surface area contributed by atoms with Crippen LogP contribution in [0.25, 0.3) is 10.6 Å². The number of rotatable bonds is 2. The predicted molar refractivity (Wildman–Crippen MR) is 83.6 cm³/mol. The summed E-state index contributed by atoms with van der Waals surface area (Å²) in [6.07, 6.45) is 1.60. The fourth-order valence-corrected chi connectivity index (χ4v) is 3.86. The van der Waals surface area contributed by atoms with Gasteiger partial charge < -0.3 is 10.2 Å². The highest BCUT2D eigenvalue weighted by Gasteiger charge is 2.41. The molecule has 3 heterocycles. The fraction of sp³-hybridized carbons (Fsp3) is 0.357. The molecule has 1 saturated heterocycles. The molecule has 0 atom stereocenters. The molecule has 1 aliphatic rings. The number of nitrogens with zero attached hydrogens (tertiary/aromatic N) is 2. The number of piperazine rings is 1. The van der Waals surface area contributed by atoms with Gasteiger partial charge in [0.25, 0.3) is 5.91 Å². The van der Waals surface area contributed by atoms with Gasteiger partial charge in [-0.1, -0.05) is 0 Å². The van der Waals surface area contributed by atoms with E-state index in [1.807, 2.05) is 16.8 Å². The van der Waals surface area contributed by atoms with Gasteiger partial charge in [0.2, 0.25) is 5.91 Å². The Morgan fingerprint density at radius 3 is 3.00 bits per heavy atom. The highest BCUT2D eigenvalue weighted by molar-refractivity contribution is 7.17. The van der Waals surface area contributed by atoms with Gasteiger partial charge in [-0.3, -0.25) is 9.59 Å². The van der Waals surface area contributed by atoms with Gasteiger partial charge in [-0.15, -0.1) is 11.3 Å². The molecule has 1 N–H and O–H groups in total. The lowest BCUT2D eigenvalue weighted by Gasteiger charge is -2.40. The average molecular weight is 321 g/mol. The molecule has 110 valence electrons. The maximum atomic E-state index is 12.7. The van der Waals surface area contributed by atoms with Crippen LogP contribution in [0.3, 0.4) is 0 Å². The van der Waals surface area contributed by atoms with E-state index in [1.54, 1.807) is 36.3 Å². The first-order valence-corrected chi connectivity index (χ1v) is 8.35. The second-order valence-corrected chi connectivity index (χ2v) is 7.12. The Hall–Kier alpha value is -1.73. The molecule has 1 fully saturated rings. The Kier molecular flexibility index (Phi) is 3.54. The Labute approximate surface area is 130 Å². The number of carbonyl (C=O) groups excluding carboxylic acids is 2. The van der Waals surface area contributed by atoms with Crippen molar-refractivity contribution >= 4 is 34.5 Å². The third-order valence-corrected chi connectivity index (χ3v) is 5.30. The van der Waals surface area contributed by atoms with Gasteiger partial charge in [-0.05, 0) is 25.3 Å². The third kappa shape index (κ3) is 2.47. The minimum atomic E-state index is -0.831. The van der Waals surface area contributed by atoms with E-state index >= 15 is 0 Å². The summed E-state index contributed by atoms with van der Waals surface area (Å²) >= 11 is 2.97. The maximum absolute atomic E-state index is 12.7. The number of thiophene rings is 1. The van der Waals surface area contributed by atoms with Crippen LogP contribution in [-0.2, 0) is 4.79 Å². The number of hydrogen-bond acceptors (Lipinski definition) is 5. The lowest BCUT2D eigenvalue weighted by Crippen LogP contribution is -2.63. The van der Waals surface area contributed by atoms with Crippen molar-refractivity contribution in [1.82, 2.24) is 15.2 Å². The largest absolute Gasteiger partial charge is 0.352 e. The molecular weight excluding hydrogens is 306 g/mol. The molecule has 0 radical (unpaired) electrons. The van der Waals surface area contributed by atoms with E-state index in [4.69, 9.17) is 0 Å². The molecule has 0 bridgehead atoms. The number of nitrogens with one attached hydrogen (secondary N) is 1. The topological polar surface area (TPSA) is 62.3 Å². The predicted octanol–water partition coefficient (Wildman–Crippen LogP) is 2.22. The van der Waals surface area contributed by atoms with E-state index < -0.39 is 5.54 Å². The summed E-state index contributed by atoms with van der Waals surface area (Å²) < 4.78 is 0. The highest BCUT2D eigenvalue weighted by atomic mass is 32.1. The number of aromatic nitrogens is 1. The fourth-order valence-electron chi connectivity index (χ4n) is 2.28. The summed E-state index contributed by atoms with van der Waals surface area (Å²) in [5.41, 5.74) is 0.196. The van der Waals surface area contributed by atoms with Crippen molar-refractivity contribution in [2.24, 2.45) is 0 Å². The molecule has 0 saturated carbocycles. The minimum Gasteiger partial charge on any atom is -0.352 e. The normalized spacial score (nSPS) is 17.6. The van der Waals surface area contributed by atoms with E-state index in [1.165, 1.54) is 11.3 Å². The Morgan fingerprint density at radius 1 is 1.48 bits per heavy atom. The van der Waals surface area contributed by atoms with Crippen LogP contribution in [0, 0.1) is 0 Å². The van der Waals surface area contributed by atoms with Crippen molar-refractivity contribution in [3.63, 3.8) is 0 Å². The van der Waals surface area contributed by atoms with Gasteiger partial charge in [0.15, 0.2) is 0 Å². The molecule has 0 aliphatic carbocycles. The monoisotopic (exact) mass is 321 g/mol. The number of carbonyl (C=O) groups is 2. The van der Waals surface area contributed by atoms with Crippen LogP contribution in [0.15, 0.2) is 23.0 Å². The van der Waals surface area contributed by atoms with Crippen molar-refractivity contribution in [3.8, 4) is 10.6 Å². The molecule has 2 aromatic rings. The molecule has 2 amide bonds. The summed E-state index contributed by atoms with van der Waals surface area (Å²) in [7, 11) is 0. The van der Waals surface area contributed by atoms with Gasteiger partial charge in [-0.25, -0.2) is 4.98 Å². The van der Waals surface area contributed by atoms with Crippen LogP contribution >= 0.6 is 22.7 Å². The van der Waals surface area contributed by atoms with Crippen LogP contribution in [0.2, 0.25) is 0 Å².